The molecule has 0 atom stereocenters. The van der Waals surface area contributed by atoms with E-state index in [0.29, 0.717) is 11.1 Å². The van der Waals surface area contributed by atoms with Crippen LogP contribution in [0.1, 0.15) is 193 Å². The first-order chi connectivity index (χ1) is 29.5. The third-order valence-corrected chi connectivity index (χ3v) is 13.1. The lowest BCUT2D eigenvalue weighted by molar-refractivity contribution is 0.390. The van der Waals surface area contributed by atoms with Gasteiger partial charge in [-0.2, -0.15) is 0 Å². The average Bonchev–Trinajstić information content (AvgIpc) is 3.27. The molecule has 0 heterocycles. The standard InChI is InChI=1S/C56H82N2O2/c1-5-9-13-17-21-29-41-57(42-30-22-18-14-10-6-2)51-39-37-49(45-33-25-27-35-47(45)51)53-55(59)54(56(53)60)50-38-40-52(48-36-28-26-34-46(48)50)58(43-31-23-19-15-11-7-3)44-32-24-20-16-12-8-4/h25-28,33-40,59-60H,5-24,29-32,41-44H2,1-4H3. The molecule has 0 aromatic heterocycles. The van der Waals surface area contributed by atoms with Crippen molar-refractivity contribution in [2.45, 2.75) is 182 Å². The maximum atomic E-state index is 12.0. The zero-order chi connectivity index (χ0) is 42.4. The van der Waals surface area contributed by atoms with E-state index in [4.69, 9.17) is 0 Å². The molecule has 0 spiro atoms. The Labute approximate surface area is 366 Å². The van der Waals surface area contributed by atoms with E-state index in [1.807, 2.05) is 0 Å². The van der Waals surface area contributed by atoms with Crippen LogP contribution in [0.15, 0.2) is 84.3 Å². The van der Waals surface area contributed by atoms with Gasteiger partial charge in [0, 0.05) is 48.3 Å². The molecule has 0 fully saturated rings. The Bertz CT molecular complexity index is 1740. The van der Waals surface area contributed by atoms with Crippen molar-refractivity contribution in [1.29, 1.82) is 0 Å². The van der Waals surface area contributed by atoms with Crippen LogP contribution < -0.4 is 9.80 Å². The normalized spacial score (nSPS) is 12.9. The molecular weight excluding hydrogens is 733 g/mol. The van der Waals surface area contributed by atoms with Gasteiger partial charge in [-0.3, -0.25) is 0 Å². The number of hydrogen-bond acceptors (Lipinski definition) is 4. The highest BCUT2D eigenvalue weighted by Gasteiger charge is 2.34. The number of rotatable bonds is 32. The minimum Gasteiger partial charge on any atom is -0.506 e. The van der Waals surface area contributed by atoms with Crippen LogP contribution in [0, 0.1) is 0 Å². The van der Waals surface area contributed by atoms with Crippen molar-refractivity contribution in [3.05, 3.63) is 95.4 Å². The molecule has 0 radical (unpaired) electrons. The molecule has 0 aliphatic heterocycles. The Morgan fingerprint density at radius 2 is 0.583 bits per heavy atom. The summed E-state index contributed by atoms with van der Waals surface area (Å²) in [5.74, 6) is 0.380. The van der Waals surface area contributed by atoms with E-state index in [2.05, 4.69) is 110 Å². The molecule has 2 N–H and O–H groups in total. The summed E-state index contributed by atoms with van der Waals surface area (Å²) in [6, 6.07) is 26.1. The minimum atomic E-state index is 0.190. The van der Waals surface area contributed by atoms with Gasteiger partial charge >= 0.3 is 0 Å². The Kier molecular flexibility index (Phi) is 20.8. The predicted molar refractivity (Wildman–Crippen MR) is 265 cm³/mol. The molecule has 4 aromatic rings. The van der Waals surface area contributed by atoms with E-state index < -0.39 is 0 Å². The largest absolute Gasteiger partial charge is 0.506 e. The van der Waals surface area contributed by atoms with Crippen LogP contribution >= 0.6 is 0 Å². The fraction of sp³-hybridized carbons (Fsp3) is 0.571. The SMILES string of the molecule is CCCCCCCCN(CCCCCCCC)c1ccc(C2=C(O)C(c3ccc(N(CCCCCCCC)CCCCCCCC)c4ccccc34)=C2O)c2ccccc12. The van der Waals surface area contributed by atoms with Gasteiger partial charge < -0.3 is 20.0 Å². The summed E-state index contributed by atoms with van der Waals surface area (Å²) in [6.07, 6.45) is 31.0. The molecule has 0 unspecified atom stereocenters. The van der Waals surface area contributed by atoms with Gasteiger partial charge in [-0.25, -0.2) is 0 Å². The Morgan fingerprint density at radius 3 is 0.883 bits per heavy atom. The van der Waals surface area contributed by atoms with E-state index in [1.165, 1.54) is 176 Å². The summed E-state index contributed by atoms with van der Waals surface area (Å²) in [7, 11) is 0. The second-order valence-corrected chi connectivity index (χ2v) is 17.8. The van der Waals surface area contributed by atoms with E-state index in [1.54, 1.807) is 0 Å². The van der Waals surface area contributed by atoms with Gasteiger partial charge in [-0.05, 0) is 59.7 Å². The second kappa shape index (κ2) is 26.4. The summed E-state index contributed by atoms with van der Waals surface area (Å²) >= 11 is 0. The summed E-state index contributed by atoms with van der Waals surface area (Å²) in [6.45, 7) is 13.4. The van der Waals surface area contributed by atoms with Crippen molar-refractivity contribution < 1.29 is 10.2 Å². The lowest BCUT2D eigenvalue weighted by atomic mass is 9.81. The van der Waals surface area contributed by atoms with Crippen molar-refractivity contribution >= 4 is 44.1 Å². The van der Waals surface area contributed by atoms with E-state index in [9.17, 15) is 10.2 Å². The van der Waals surface area contributed by atoms with Crippen LogP contribution in [0.3, 0.4) is 0 Å². The number of allylic oxidation sites excluding steroid dienone is 2. The first kappa shape index (κ1) is 47.1. The number of nitrogens with zero attached hydrogens (tertiary/aromatic N) is 2. The third-order valence-electron chi connectivity index (χ3n) is 13.1. The smallest absolute Gasteiger partial charge is 0.138 e. The number of aliphatic hydroxyl groups excluding tert-OH is 2. The first-order valence-corrected chi connectivity index (χ1v) is 25.0. The molecule has 1 aliphatic carbocycles. The second-order valence-electron chi connectivity index (χ2n) is 17.8. The predicted octanol–water partition coefficient (Wildman–Crippen LogP) is 17.3. The van der Waals surface area contributed by atoms with Gasteiger partial charge in [0.15, 0.2) is 0 Å². The summed E-state index contributed by atoms with van der Waals surface area (Å²) in [4.78, 5) is 5.25. The molecule has 5 rings (SSSR count). The number of benzene rings is 4. The maximum Gasteiger partial charge on any atom is 0.138 e. The van der Waals surface area contributed by atoms with Crippen LogP contribution in [-0.4, -0.2) is 36.4 Å². The number of fused-ring (bicyclic) bond motifs is 2. The van der Waals surface area contributed by atoms with Gasteiger partial charge in [0.2, 0.25) is 0 Å². The van der Waals surface area contributed by atoms with Crippen molar-refractivity contribution in [2.75, 3.05) is 36.0 Å². The van der Waals surface area contributed by atoms with Crippen molar-refractivity contribution in [3.63, 3.8) is 0 Å². The van der Waals surface area contributed by atoms with E-state index >= 15 is 0 Å². The minimum absolute atomic E-state index is 0.190. The zero-order valence-electron chi connectivity index (χ0n) is 38.5. The fourth-order valence-electron chi connectivity index (χ4n) is 9.51. The lowest BCUT2D eigenvalue weighted by Crippen LogP contribution is -2.26. The van der Waals surface area contributed by atoms with Crippen molar-refractivity contribution in [3.8, 4) is 0 Å². The molecule has 4 nitrogen and oxygen atoms in total. The van der Waals surface area contributed by atoms with Crippen LogP contribution in [0.4, 0.5) is 11.4 Å². The third kappa shape index (κ3) is 13.0. The highest BCUT2D eigenvalue weighted by Crippen LogP contribution is 2.49. The number of anilines is 2. The fourth-order valence-corrected chi connectivity index (χ4v) is 9.51. The summed E-state index contributed by atoms with van der Waals surface area (Å²) in [5, 5.41) is 28.5. The number of hydrogen-bond donors (Lipinski definition) is 2. The topological polar surface area (TPSA) is 46.9 Å². The molecular formula is C56H82N2O2. The van der Waals surface area contributed by atoms with Gasteiger partial charge in [0.25, 0.3) is 0 Å². The Balaban J connectivity index is 1.40. The molecule has 0 saturated heterocycles. The van der Waals surface area contributed by atoms with E-state index in [0.717, 1.165) is 48.1 Å². The van der Waals surface area contributed by atoms with Crippen molar-refractivity contribution in [2.24, 2.45) is 0 Å². The zero-order valence-corrected chi connectivity index (χ0v) is 38.5. The van der Waals surface area contributed by atoms with Crippen molar-refractivity contribution in [1.82, 2.24) is 0 Å². The van der Waals surface area contributed by atoms with Crippen LogP contribution in [-0.2, 0) is 0 Å². The maximum absolute atomic E-state index is 12.0. The summed E-state index contributed by atoms with van der Waals surface area (Å²) < 4.78 is 0. The molecule has 1 aliphatic rings. The van der Waals surface area contributed by atoms with Gasteiger partial charge in [-0.1, -0.05) is 217 Å². The molecule has 0 saturated carbocycles. The molecule has 60 heavy (non-hydrogen) atoms. The number of unbranched alkanes of at least 4 members (excludes halogenated alkanes) is 20. The van der Waals surface area contributed by atoms with E-state index in [-0.39, 0.29) is 11.5 Å². The Hall–Kier alpha value is -3.92. The lowest BCUT2D eigenvalue weighted by Gasteiger charge is -2.30. The van der Waals surface area contributed by atoms with Gasteiger partial charge in [-0.15, -0.1) is 0 Å². The van der Waals surface area contributed by atoms with Crippen LogP contribution in [0.25, 0.3) is 32.7 Å². The van der Waals surface area contributed by atoms with Gasteiger partial charge in [0.05, 0.1) is 11.1 Å². The molecule has 0 bridgehead atoms. The van der Waals surface area contributed by atoms with Crippen LogP contribution in [0.2, 0.25) is 0 Å². The molecule has 4 aromatic carbocycles. The highest BCUT2D eigenvalue weighted by atomic mass is 16.3. The number of aliphatic hydroxyl groups is 2. The Morgan fingerprint density at radius 1 is 0.317 bits per heavy atom. The highest BCUT2D eigenvalue weighted by molar-refractivity contribution is 6.16. The monoisotopic (exact) mass is 815 g/mol. The molecule has 4 heteroatoms. The molecule has 0 amide bonds. The summed E-state index contributed by atoms with van der Waals surface area (Å²) in [5.41, 5.74) is 5.47. The quantitative estimate of drug-likeness (QED) is 0.0482. The van der Waals surface area contributed by atoms with Gasteiger partial charge in [0.1, 0.15) is 11.5 Å². The molecule has 328 valence electrons. The van der Waals surface area contributed by atoms with Crippen LogP contribution in [0.5, 0.6) is 0 Å². The average molecular weight is 815 g/mol. The first-order valence-electron chi connectivity index (χ1n) is 25.0.